The van der Waals surface area contributed by atoms with Crippen molar-refractivity contribution in [3.8, 4) is 0 Å². The Hall–Kier alpha value is -1.51. The summed E-state index contributed by atoms with van der Waals surface area (Å²) in [7, 11) is 1.46. The van der Waals surface area contributed by atoms with Gasteiger partial charge in [-0.2, -0.15) is 0 Å². The number of phosphoric ester groups is 1. The topological polar surface area (TPSA) is 108 Å². The van der Waals surface area contributed by atoms with E-state index in [0.717, 1.165) is 70.6 Å². The van der Waals surface area contributed by atoms with Gasteiger partial charge in [0.25, 0.3) is 0 Å². The average molecular weight is 661 g/mol. The van der Waals surface area contributed by atoms with Gasteiger partial charge >= 0.3 is 19.8 Å². The molecule has 0 heterocycles. The third-order valence-corrected chi connectivity index (χ3v) is 8.22. The van der Waals surface area contributed by atoms with E-state index in [0.29, 0.717) is 17.4 Å². The summed E-state index contributed by atoms with van der Waals surface area (Å²) >= 11 is 0. The molecule has 0 aliphatic carbocycles. The molecule has 0 amide bonds. The van der Waals surface area contributed by atoms with Gasteiger partial charge in [-0.3, -0.25) is 18.6 Å². The first-order chi connectivity index (χ1) is 21.5. The van der Waals surface area contributed by atoms with Gasteiger partial charge in [-0.15, -0.1) is 0 Å². The highest BCUT2D eigenvalue weighted by Crippen LogP contribution is 2.43. The lowest BCUT2D eigenvalue weighted by atomic mass is 10.1. The van der Waals surface area contributed by atoms with Crippen molar-refractivity contribution in [1.29, 1.82) is 0 Å². The molecular weight excluding hydrogens is 593 g/mol. The number of nitrogens with zero attached hydrogens (tertiary/aromatic N) is 1. The van der Waals surface area contributed by atoms with Gasteiger partial charge in [0.2, 0.25) is 0 Å². The van der Waals surface area contributed by atoms with Crippen LogP contribution >= 0.6 is 7.82 Å². The van der Waals surface area contributed by atoms with Gasteiger partial charge in [-0.25, -0.2) is 4.57 Å². The number of allylic oxidation sites excluding steroid dienone is 4. The summed E-state index contributed by atoms with van der Waals surface area (Å²) in [6.45, 7) is 4.27. The van der Waals surface area contributed by atoms with Gasteiger partial charge in [0.1, 0.15) is 19.8 Å². The quantitative estimate of drug-likeness (QED) is 0.0258. The summed E-state index contributed by atoms with van der Waals surface area (Å²) in [4.78, 5) is 34.8. The van der Waals surface area contributed by atoms with Crippen LogP contribution in [0.5, 0.6) is 0 Å². The number of likely N-dealkylation sites (N-methyl/N-ethyl adjacent to an activating group) is 1. The molecule has 0 saturated heterocycles. The number of phosphoric acid groups is 1. The second-order valence-electron chi connectivity index (χ2n) is 12.9. The van der Waals surface area contributed by atoms with Crippen molar-refractivity contribution in [2.24, 2.45) is 0 Å². The van der Waals surface area contributed by atoms with Crippen molar-refractivity contribution < 1.29 is 42.1 Å². The van der Waals surface area contributed by atoms with Crippen molar-refractivity contribution >= 4 is 19.8 Å². The second kappa shape index (κ2) is 28.7. The van der Waals surface area contributed by atoms with Gasteiger partial charge in [0, 0.05) is 12.8 Å². The summed E-state index contributed by atoms with van der Waals surface area (Å²) in [6, 6.07) is 0. The molecule has 2 atom stereocenters. The van der Waals surface area contributed by atoms with Crippen molar-refractivity contribution in [1.82, 2.24) is 0 Å². The summed E-state index contributed by atoms with van der Waals surface area (Å²) in [5.41, 5.74) is 0. The van der Waals surface area contributed by atoms with Gasteiger partial charge in [-0.05, 0) is 44.9 Å². The summed E-state index contributed by atoms with van der Waals surface area (Å²) in [5, 5.41) is 0. The molecule has 9 nitrogen and oxygen atoms in total. The molecule has 0 saturated carbocycles. The number of hydrogen-bond donors (Lipinski definition) is 1. The van der Waals surface area contributed by atoms with Crippen molar-refractivity contribution in [2.75, 3.05) is 47.5 Å². The van der Waals surface area contributed by atoms with Crippen molar-refractivity contribution in [3.05, 3.63) is 24.3 Å². The van der Waals surface area contributed by atoms with Crippen LogP contribution < -0.4 is 0 Å². The molecule has 0 aliphatic rings. The number of quaternary nitrogens is 1. The van der Waals surface area contributed by atoms with Crippen LogP contribution in [0.2, 0.25) is 0 Å². The molecule has 1 N–H and O–H groups in total. The van der Waals surface area contributed by atoms with E-state index in [4.69, 9.17) is 18.5 Å². The Balaban J connectivity index is 4.39. The van der Waals surface area contributed by atoms with Crippen LogP contribution in [0.1, 0.15) is 136 Å². The van der Waals surface area contributed by atoms with Gasteiger partial charge in [-0.1, -0.05) is 102 Å². The van der Waals surface area contributed by atoms with Crippen LogP contribution in [0.3, 0.4) is 0 Å². The number of carbonyl (C=O) groups excluding carboxylic acids is 2. The molecule has 45 heavy (non-hydrogen) atoms. The van der Waals surface area contributed by atoms with Gasteiger partial charge in [0.15, 0.2) is 6.10 Å². The third kappa shape index (κ3) is 32.2. The van der Waals surface area contributed by atoms with Crippen molar-refractivity contribution in [2.45, 2.75) is 142 Å². The maximum Gasteiger partial charge on any atom is 0.472 e. The van der Waals surface area contributed by atoms with E-state index in [1.807, 2.05) is 21.1 Å². The van der Waals surface area contributed by atoms with E-state index in [1.165, 1.54) is 32.1 Å². The highest BCUT2D eigenvalue weighted by molar-refractivity contribution is 7.47. The number of carbonyl (C=O) groups is 2. The van der Waals surface area contributed by atoms with Crippen LogP contribution in [0.15, 0.2) is 24.3 Å². The maximum atomic E-state index is 12.5. The lowest BCUT2D eigenvalue weighted by Crippen LogP contribution is -2.37. The number of unbranched alkanes of at least 4 members (excludes halogenated alkanes) is 13. The summed E-state index contributed by atoms with van der Waals surface area (Å²) < 4.78 is 33.9. The predicted molar refractivity (Wildman–Crippen MR) is 183 cm³/mol. The highest BCUT2D eigenvalue weighted by Gasteiger charge is 2.27. The first-order valence-electron chi connectivity index (χ1n) is 17.6. The minimum atomic E-state index is -4.36. The normalized spacial score (nSPS) is 14.2. The standard InChI is InChI=1S/C35H66NO8P/c1-6-8-10-12-13-14-15-16-17-18-19-20-21-22-24-26-28-35(38)44-33(31-41-34(37)27-25-23-11-9-7-2)32-43-45(39,40)42-30-29-36(3,4)5/h14-15,17-18,33H,6-13,16,19-32H2,1-5H3/p+1/b15-14-,18-17-. The molecule has 0 aliphatic heterocycles. The smallest absolute Gasteiger partial charge is 0.462 e. The summed E-state index contributed by atoms with van der Waals surface area (Å²) in [6.07, 6.45) is 26.9. The lowest BCUT2D eigenvalue weighted by molar-refractivity contribution is -0.870. The van der Waals surface area contributed by atoms with E-state index in [9.17, 15) is 19.0 Å². The minimum absolute atomic E-state index is 0.0294. The summed E-state index contributed by atoms with van der Waals surface area (Å²) in [5.74, 6) is -0.831. The molecule has 0 rings (SSSR count). The largest absolute Gasteiger partial charge is 0.472 e. The van der Waals surface area contributed by atoms with E-state index >= 15 is 0 Å². The molecule has 2 unspecified atom stereocenters. The van der Waals surface area contributed by atoms with E-state index in [-0.39, 0.29) is 32.0 Å². The third-order valence-electron chi connectivity index (χ3n) is 7.23. The van der Waals surface area contributed by atoms with E-state index < -0.39 is 26.5 Å². The Labute approximate surface area is 275 Å². The first kappa shape index (κ1) is 43.5. The predicted octanol–water partition coefficient (Wildman–Crippen LogP) is 8.85. The highest BCUT2D eigenvalue weighted by atomic mass is 31.2. The number of rotatable bonds is 31. The van der Waals surface area contributed by atoms with E-state index in [2.05, 4.69) is 38.2 Å². The Kier molecular flexibility index (Phi) is 27.7. The zero-order valence-electron chi connectivity index (χ0n) is 29.3. The fourth-order valence-electron chi connectivity index (χ4n) is 4.39. The Morgan fingerprint density at radius 1 is 0.689 bits per heavy atom. The van der Waals surface area contributed by atoms with Crippen molar-refractivity contribution in [3.63, 3.8) is 0 Å². The van der Waals surface area contributed by atoms with Crippen LogP contribution in [0, 0.1) is 0 Å². The van der Waals surface area contributed by atoms with Gasteiger partial charge in [0.05, 0.1) is 27.7 Å². The SMILES string of the molecule is CCCCCC/C=C\C/C=C\CCCCCCCC(=O)OC(COC(=O)CCCCCCC)COP(=O)(O)OCC[N+](C)(C)C. The van der Waals surface area contributed by atoms with Crippen LogP contribution in [-0.4, -0.2) is 74.9 Å². The molecule has 0 aromatic heterocycles. The lowest BCUT2D eigenvalue weighted by Gasteiger charge is -2.24. The maximum absolute atomic E-state index is 12.5. The molecule has 0 aromatic carbocycles. The number of hydrogen-bond acceptors (Lipinski definition) is 7. The Morgan fingerprint density at radius 3 is 1.78 bits per heavy atom. The van der Waals surface area contributed by atoms with Crippen LogP contribution in [0.4, 0.5) is 0 Å². The number of ether oxygens (including phenoxy) is 2. The molecule has 0 aromatic rings. The Bertz CT molecular complexity index is 840. The molecule has 10 heteroatoms. The molecule has 0 bridgehead atoms. The monoisotopic (exact) mass is 660 g/mol. The second-order valence-corrected chi connectivity index (χ2v) is 14.4. The molecule has 0 spiro atoms. The first-order valence-corrected chi connectivity index (χ1v) is 19.1. The van der Waals surface area contributed by atoms with Gasteiger partial charge < -0.3 is 18.9 Å². The Morgan fingerprint density at radius 2 is 1.20 bits per heavy atom. The zero-order chi connectivity index (χ0) is 33.7. The molecule has 0 fully saturated rings. The van der Waals surface area contributed by atoms with Crippen LogP contribution in [-0.2, 0) is 32.7 Å². The minimum Gasteiger partial charge on any atom is -0.462 e. The number of esters is 2. The fourth-order valence-corrected chi connectivity index (χ4v) is 5.14. The molecule has 264 valence electrons. The average Bonchev–Trinajstić information content (AvgIpc) is 2.97. The fraction of sp³-hybridized carbons (Fsp3) is 0.829. The van der Waals surface area contributed by atoms with Crippen LogP contribution in [0.25, 0.3) is 0 Å². The molecular formula is C35H67NO8P+. The van der Waals surface area contributed by atoms with E-state index in [1.54, 1.807) is 0 Å². The zero-order valence-corrected chi connectivity index (χ0v) is 30.2. The molecule has 0 radical (unpaired) electrons.